The molecule has 17 heavy (non-hydrogen) atoms. The number of benzene rings is 1. The van der Waals surface area contributed by atoms with Gasteiger partial charge in [-0.3, -0.25) is 11.3 Å². The van der Waals surface area contributed by atoms with Gasteiger partial charge in [-0.1, -0.05) is 38.4 Å². The number of halogens is 1. The largest absolute Gasteiger partial charge is 0.495 e. The first-order chi connectivity index (χ1) is 8.01. The zero-order valence-corrected chi connectivity index (χ0v) is 11.6. The summed E-state index contributed by atoms with van der Waals surface area (Å²) in [5.41, 5.74) is 3.96. The molecule has 0 aliphatic rings. The lowest BCUT2D eigenvalue weighted by atomic mass is 9.86. The van der Waals surface area contributed by atoms with Crippen LogP contribution in [-0.2, 0) is 0 Å². The van der Waals surface area contributed by atoms with Gasteiger partial charge < -0.3 is 4.74 Å². The summed E-state index contributed by atoms with van der Waals surface area (Å²) >= 11 is 6.01. The number of ether oxygens (including phenoxy) is 1. The number of hydrogen-bond acceptors (Lipinski definition) is 3. The highest BCUT2D eigenvalue weighted by molar-refractivity contribution is 6.32. The van der Waals surface area contributed by atoms with Crippen LogP contribution in [0.3, 0.4) is 0 Å². The third-order valence-electron chi connectivity index (χ3n) is 3.29. The fourth-order valence-corrected chi connectivity index (χ4v) is 2.00. The highest BCUT2D eigenvalue weighted by atomic mass is 35.5. The van der Waals surface area contributed by atoms with E-state index < -0.39 is 0 Å². The first-order valence-electron chi connectivity index (χ1n) is 5.80. The minimum atomic E-state index is 0.0983. The molecule has 1 rings (SSSR count). The van der Waals surface area contributed by atoms with Crippen molar-refractivity contribution in [3.8, 4) is 5.75 Å². The van der Waals surface area contributed by atoms with Gasteiger partial charge in [0.2, 0.25) is 0 Å². The molecule has 2 atom stereocenters. The highest BCUT2D eigenvalue weighted by Crippen LogP contribution is 2.32. The summed E-state index contributed by atoms with van der Waals surface area (Å²) in [6.07, 6.45) is 0. The molecular weight excluding hydrogens is 236 g/mol. The number of methoxy groups -OCH3 is 1. The molecular formula is C13H21ClN2O. The number of hydrazine groups is 1. The summed E-state index contributed by atoms with van der Waals surface area (Å²) in [7, 11) is 1.61. The van der Waals surface area contributed by atoms with Crippen LogP contribution in [0.1, 0.15) is 32.4 Å². The molecule has 0 radical (unpaired) electrons. The molecule has 0 aliphatic heterocycles. The van der Waals surface area contributed by atoms with Crippen molar-refractivity contribution in [2.75, 3.05) is 7.11 Å². The molecule has 0 bridgehead atoms. The summed E-state index contributed by atoms with van der Waals surface area (Å²) in [6.45, 7) is 6.54. The molecule has 0 aliphatic carbocycles. The quantitative estimate of drug-likeness (QED) is 0.629. The lowest BCUT2D eigenvalue weighted by Gasteiger charge is -2.27. The fourth-order valence-electron chi connectivity index (χ4n) is 1.81. The van der Waals surface area contributed by atoms with Gasteiger partial charge in [0.1, 0.15) is 5.75 Å². The van der Waals surface area contributed by atoms with Crippen LogP contribution in [0.25, 0.3) is 0 Å². The third kappa shape index (κ3) is 3.35. The van der Waals surface area contributed by atoms with Crippen LogP contribution in [0.2, 0.25) is 5.02 Å². The SMILES string of the molecule is COc1cc(C(NN)C(C)C(C)C)ccc1Cl. The minimum Gasteiger partial charge on any atom is -0.495 e. The van der Waals surface area contributed by atoms with Crippen molar-refractivity contribution in [3.63, 3.8) is 0 Å². The lowest BCUT2D eigenvalue weighted by Crippen LogP contribution is -2.34. The van der Waals surface area contributed by atoms with Crippen molar-refractivity contribution in [3.05, 3.63) is 28.8 Å². The summed E-state index contributed by atoms with van der Waals surface area (Å²) < 4.78 is 5.22. The van der Waals surface area contributed by atoms with Gasteiger partial charge in [0.15, 0.2) is 0 Å². The summed E-state index contributed by atoms with van der Waals surface area (Å²) in [4.78, 5) is 0. The van der Waals surface area contributed by atoms with E-state index >= 15 is 0 Å². The van der Waals surface area contributed by atoms with E-state index in [9.17, 15) is 0 Å². The van der Waals surface area contributed by atoms with Crippen LogP contribution in [0.4, 0.5) is 0 Å². The van der Waals surface area contributed by atoms with E-state index in [4.69, 9.17) is 22.2 Å². The Morgan fingerprint density at radius 1 is 1.29 bits per heavy atom. The maximum absolute atomic E-state index is 6.01. The molecule has 96 valence electrons. The van der Waals surface area contributed by atoms with Crippen LogP contribution in [0.5, 0.6) is 5.75 Å². The predicted octanol–water partition coefficient (Wildman–Crippen LogP) is 3.15. The molecule has 0 aromatic heterocycles. The molecule has 3 nitrogen and oxygen atoms in total. The van der Waals surface area contributed by atoms with Gasteiger partial charge in [0, 0.05) is 6.04 Å². The topological polar surface area (TPSA) is 47.3 Å². The van der Waals surface area contributed by atoms with Gasteiger partial charge in [-0.2, -0.15) is 0 Å². The van der Waals surface area contributed by atoms with Crippen molar-refractivity contribution in [2.45, 2.75) is 26.8 Å². The Morgan fingerprint density at radius 2 is 1.94 bits per heavy atom. The van der Waals surface area contributed by atoms with Crippen LogP contribution in [0, 0.1) is 11.8 Å². The van der Waals surface area contributed by atoms with E-state index in [2.05, 4.69) is 26.2 Å². The molecule has 0 amide bonds. The summed E-state index contributed by atoms with van der Waals surface area (Å²) in [5, 5.41) is 0.615. The smallest absolute Gasteiger partial charge is 0.137 e. The van der Waals surface area contributed by atoms with Gasteiger partial charge in [0.05, 0.1) is 12.1 Å². The second-order valence-electron chi connectivity index (χ2n) is 4.64. The van der Waals surface area contributed by atoms with E-state index in [0.29, 0.717) is 22.6 Å². The lowest BCUT2D eigenvalue weighted by molar-refractivity contribution is 0.305. The molecule has 0 spiro atoms. The molecule has 1 aromatic carbocycles. The third-order valence-corrected chi connectivity index (χ3v) is 3.60. The van der Waals surface area contributed by atoms with Gasteiger partial charge >= 0.3 is 0 Å². The van der Waals surface area contributed by atoms with Crippen molar-refractivity contribution < 1.29 is 4.74 Å². The Balaban J connectivity index is 3.04. The predicted molar refractivity (Wildman–Crippen MR) is 72.1 cm³/mol. The molecule has 4 heteroatoms. The maximum Gasteiger partial charge on any atom is 0.137 e. The van der Waals surface area contributed by atoms with Crippen molar-refractivity contribution in [1.29, 1.82) is 0 Å². The van der Waals surface area contributed by atoms with Gasteiger partial charge in [0.25, 0.3) is 0 Å². The van der Waals surface area contributed by atoms with E-state index in [-0.39, 0.29) is 6.04 Å². The highest BCUT2D eigenvalue weighted by Gasteiger charge is 2.21. The monoisotopic (exact) mass is 256 g/mol. The van der Waals surface area contributed by atoms with Gasteiger partial charge in [-0.05, 0) is 29.5 Å². The standard InChI is InChI=1S/C13H21ClN2O/c1-8(2)9(3)13(16-15)10-5-6-11(14)12(7-10)17-4/h5-9,13,16H,15H2,1-4H3. The molecule has 0 saturated carbocycles. The molecule has 1 aromatic rings. The van der Waals surface area contributed by atoms with Gasteiger partial charge in [-0.25, -0.2) is 0 Å². The van der Waals surface area contributed by atoms with E-state index in [1.54, 1.807) is 7.11 Å². The number of nitrogens with two attached hydrogens (primary N) is 1. The molecule has 0 saturated heterocycles. The Bertz CT molecular complexity index is 368. The Morgan fingerprint density at radius 3 is 2.41 bits per heavy atom. The van der Waals surface area contributed by atoms with Crippen molar-refractivity contribution >= 4 is 11.6 Å². The number of nitrogens with one attached hydrogen (secondary N) is 1. The molecule has 2 unspecified atom stereocenters. The van der Waals surface area contributed by atoms with Crippen LogP contribution in [-0.4, -0.2) is 7.11 Å². The second kappa shape index (κ2) is 6.24. The zero-order valence-electron chi connectivity index (χ0n) is 10.8. The van der Waals surface area contributed by atoms with Gasteiger partial charge in [-0.15, -0.1) is 0 Å². The second-order valence-corrected chi connectivity index (χ2v) is 5.05. The molecule has 3 N–H and O–H groups in total. The average Bonchev–Trinajstić information content (AvgIpc) is 2.31. The first kappa shape index (κ1) is 14.3. The van der Waals surface area contributed by atoms with Crippen molar-refractivity contribution in [2.24, 2.45) is 17.7 Å². The zero-order chi connectivity index (χ0) is 13.0. The fraction of sp³-hybridized carbons (Fsp3) is 0.538. The van der Waals surface area contributed by atoms with Crippen LogP contribution in [0.15, 0.2) is 18.2 Å². The Hall–Kier alpha value is -0.770. The van der Waals surface area contributed by atoms with Crippen LogP contribution >= 0.6 is 11.6 Å². The number of hydrogen-bond donors (Lipinski definition) is 2. The minimum absolute atomic E-state index is 0.0983. The van der Waals surface area contributed by atoms with E-state index in [1.165, 1.54) is 0 Å². The Kier molecular flexibility index (Phi) is 5.25. The van der Waals surface area contributed by atoms with Crippen molar-refractivity contribution in [1.82, 2.24) is 5.43 Å². The van der Waals surface area contributed by atoms with E-state index in [0.717, 1.165) is 5.56 Å². The Labute approximate surface area is 108 Å². The van der Waals surface area contributed by atoms with Crippen LogP contribution < -0.4 is 16.0 Å². The maximum atomic E-state index is 6.01. The normalized spacial score (nSPS) is 14.8. The van der Waals surface area contributed by atoms with E-state index in [1.807, 2.05) is 18.2 Å². The average molecular weight is 257 g/mol. The molecule has 0 heterocycles. The number of rotatable bonds is 5. The summed E-state index contributed by atoms with van der Waals surface area (Å²) in [6, 6.07) is 5.86. The first-order valence-corrected chi connectivity index (χ1v) is 6.18. The summed E-state index contributed by atoms with van der Waals surface area (Å²) in [5.74, 6) is 7.29. The molecule has 0 fully saturated rings.